The molecule has 26 nitrogen and oxygen atoms in total. The third-order valence-electron chi connectivity index (χ3n) is 8.84. The Morgan fingerprint density at radius 1 is 0.328 bits per heavy atom. The number of hydrogen-bond donors (Lipinski definition) is 1. The maximum Gasteiger partial charge on any atom is 0.303 e. The lowest BCUT2D eigenvalue weighted by Crippen LogP contribution is -2.69. The van der Waals surface area contributed by atoms with Crippen molar-refractivity contribution in [3.8, 4) is 0 Å². The molecular formula is C38H52O26. The number of carbonyl (C=O) groups is 10. The van der Waals surface area contributed by atoms with Gasteiger partial charge in [-0.1, -0.05) is 0 Å². The molecule has 0 aliphatic carbocycles. The van der Waals surface area contributed by atoms with Crippen LogP contribution in [-0.4, -0.2) is 177 Å². The van der Waals surface area contributed by atoms with E-state index in [0.29, 0.717) is 0 Å². The summed E-state index contributed by atoms with van der Waals surface area (Å²) >= 11 is 0. The highest BCUT2D eigenvalue weighted by molar-refractivity contribution is 5.70. The third-order valence-corrected chi connectivity index (χ3v) is 8.84. The van der Waals surface area contributed by atoms with Crippen LogP contribution in [0.4, 0.5) is 0 Å². The highest BCUT2D eigenvalue weighted by atomic mass is 16.8. The van der Waals surface area contributed by atoms with Gasteiger partial charge in [0, 0.05) is 69.2 Å². The van der Waals surface area contributed by atoms with Crippen molar-refractivity contribution < 1.29 is 124 Å². The molecule has 0 saturated carbocycles. The standard InChI is InChI=1S/C38H52O26/c1-14(39)50-11-24-27(53-17(4)42)30(56-20(7)45)33(36(49)60-24)64-38-35(59-23(10)48)32(29(55-19(6)44)26(62-38)13-52-16(3)41)63-37-34(58-22(9)47)31(57-21(8)46)28(54-18(5)43)25(61-37)12-51-15(2)40/h24-38,49H,11-13H2,1-10H3/t24?,25?,26?,27-,28-,29-,30+,31+,32+,33?,34?,35?,36?,37-,38-/m1/s1. The fourth-order valence-corrected chi connectivity index (χ4v) is 6.77. The van der Waals surface area contributed by atoms with Crippen molar-refractivity contribution in [1.29, 1.82) is 0 Å². The minimum absolute atomic E-state index is 0.634. The van der Waals surface area contributed by atoms with Gasteiger partial charge in [-0.2, -0.15) is 0 Å². The Morgan fingerprint density at radius 3 is 0.906 bits per heavy atom. The summed E-state index contributed by atoms with van der Waals surface area (Å²) in [6.07, 6.45) is -27.6. The van der Waals surface area contributed by atoms with Crippen molar-refractivity contribution in [2.75, 3.05) is 19.8 Å². The monoisotopic (exact) mass is 924 g/mol. The predicted octanol–water partition coefficient (Wildman–Crippen LogP) is -1.86. The van der Waals surface area contributed by atoms with Gasteiger partial charge in [-0.15, -0.1) is 0 Å². The van der Waals surface area contributed by atoms with E-state index in [1.165, 1.54) is 0 Å². The van der Waals surface area contributed by atoms with Gasteiger partial charge in [0.05, 0.1) is 0 Å². The van der Waals surface area contributed by atoms with E-state index in [4.69, 9.17) is 71.1 Å². The second-order valence-electron chi connectivity index (χ2n) is 14.3. The Labute approximate surface area is 364 Å². The summed E-state index contributed by atoms with van der Waals surface area (Å²) in [6, 6.07) is 0. The molecule has 3 aliphatic heterocycles. The number of aliphatic hydroxyl groups is 1. The maximum absolute atomic E-state index is 12.9. The molecule has 0 aromatic heterocycles. The number of rotatable bonds is 17. The summed E-state index contributed by atoms with van der Waals surface area (Å²) in [5.74, 6) is -9.58. The molecule has 0 radical (unpaired) electrons. The topological polar surface area (TPSA) is 329 Å². The molecule has 3 aliphatic rings. The van der Waals surface area contributed by atoms with Crippen LogP contribution in [0.5, 0.6) is 0 Å². The molecule has 3 rings (SSSR count). The van der Waals surface area contributed by atoms with Crippen LogP contribution < -0.4 is 0 Å². The Morgan fingerprint density at radius 2 is 0.578 bits per heavy atom. The van der Waals surface area contributed by atoms with Gasteiger partial charge >= 0.3 is 59.7 Å². The van der Waals surface area contributed by atoms with Crippen LogP contribution in [0, 0.1) is 0 Å². The van der Waals surface area contributed by atoms with Crippen molar-refractivity contribution in [2.24, 2.45) is 0 Å². The summed E-state index contributed by atoms with van der Waals surface area (Å²) in [5, 5.41) is 11.4. The van der Waals surface area contributed by atoms with Gasteiger partial charge in [-0.3, -0.25) is 47.9 Å². The molecule has 3 saturated heterocycles. The SMILES string of the molecule is CC(=O)OCC1OC(O)C(O[C@H]2OC(COC(C)=O)[C@@H](OC(C)=O)[C@H](O[C@H]3OC(COC(C)=O)[C@@H](OC(C)=O)[C@H](OC(C)=O)C3OC(C)=O)C2OC(C)=O)[C@@H](OC(C)=O)[C@@H]1OC(C)=O. The molecule has 0 amide bonds. The molecule has 3 heterocycles. The summed E-state index contributed by atoms with van der Waals surface area (Å²) in [6.45, 7) is 7.73. The molecule has 26 heteroatoms. The zero-order valence-corrected chi connectivity index (χ0v) is 36.4. The van der Waals surface area contributed by atoms with E-state index in [1.807, 2.05) is 0 Å². The number of ether oxygens (including phenoxy) is 15. The van der Waals surface area contributed by atoms with Gasteiger partial charge in [0.1, 0.15) is 44.2 Å². The molecule has 0 aromatic rings. The second-order valence-corrected chi connectivity index (χ2v) is 14.3. The van der Waals surface area contributed by atoms with Crippen LogP contribution in [-0.2, 0) is 119 Å². The lowest BCUT2D eigenvalue weighted by atomic mass is 9.95. The quantitative estimate of drug-likeness (QED) is 0.123. The highest BCUT2D eigenvalue weighted by Crippen LogP contribution is 2.38. The summed E-state index contributed by atoms with van der Waals surface area (Å²) in [5.41, 5.74) is 0. The minimum Gasteiger partial charge on any atom is -0.463 e. The molecule has 1 N–H and O–H groups in total. The maximum atomic E-state index is 12.9. The Balaban J connectivity index is 2.29. The van der Waals surface area contributed by atoms with Crippen LogP contribution >= 0.6 is 0 Å². The van der Waals surface area contributed by atoms with E-state index in [-0.39, 0.29) is 0 Å². The van der Waals surface area contributed by atoms with E-state index in [0.717, 1.165) is 69.2 Å². The first-order valence-electron chi connectivity index (χ1n) is 19.4. The molecule has 0 aromatic carbocycles. The Bertz CT molecular complexity index is 1730. The van der Waals surface area contributed by atoms with Crippen molar-refractivity contribution in [2.45, 2.75) is 161 Å². The summed E-state index contributed by atoms with van der Waals surface area (Å²) < 4.78 is 84.1. The first-order chi connectivity index (χ1) is 29.9. The average molecular weight is 925 g/mol. The Kier molecular flexibility index (Phi) is 19.8. The van der Waals surface area contributed by atoms with Crippen LogP contribution in [0.15, 0.2) is 0 Å². The molecule has 0 spiro atoms. The van der Waals surface area contributed by atoms with E-state index in [2.05, 4.69) is 0 Å². The van der Waals surface area contributed by atoms with Gasteiger partial charge in [0.25, 0.3) is 0 Å². The van der Waals surface area contributed by atoms with Gasteiger partial charge in [0.2, 0.25) is 0 Å². The van der Waals surface area contributed by atoms with Crippen molar-refractivity contribution in [1.82, 2.24) is 0 Å². The molecular weight excluding hydrogens is 872 g/mol. The minimum atomic E-state index is -2.16. The predicted molar refractivity (Wildman–Crippen MR) is 197 cm³/mol. The molecule has 7 unspecified atom stereocenters. The van der Waals surface area contributed by atoms with Gasteiger partial charge in [-0.05, 0) is 0 Å². The first-order valence-corrected chi connectivity index (χ1v) is 19.4. The Hall–Kier alpha value is -5.54. The van der Waals surface area contributed by atoms with Gasteiger partial charge < -0.3 is 76.2 Å². The largest absolute Gasteiger partial charge is 0.463 e. The lowest BCUT2D eigenvalue weighted by Gasteiger charge is -2.50. The van der Waals surface area contributed by atoms with E-state index in [1.54, 1.807) is 0 Å². The smallest absolute Gasteiger partial charge is 0.303 e. The second kappa shape index (κ2) is 23.9. The number of carbonyl (C=O) groups excluding carboxylic acids is 10. The van der Waals surface area contributed by atoms with E-state index < -0.39 is 172 Å². The fraction of sp³-hybridized carbons (Fsp3) is 0.737. The number of hydrogen-bond acceptors (Lipinski definition) is 26. The highest BCUT2D eigenvalue weighted by Gasteiger charge is 2.60. The molecule has 0 bridgehead atoms. The van der Waals surface area contributed by atoms with Gasteiger partial charge in [0.15, 0.2) is 67.7 Å². The van der Waals surface area contributed by atoms with Gasteiger partial charge in [-0.25, -0.2) is 0 Å². The number of esters is 10. The zero-order chi connectivity index (χ0) is 48.2. The van der Waals surface area contributed by atoms with Crippen LogP contribution in [0.3, 0.4) is 0 Å². The summed E-state index contributed by atoms with van der Waals surface area (Å²) in [7, 11) is 0. The van der Waals surface area contributed by atoms with E-state index in [9.17, 15) is 53.1 Å². The van der Waals surface area contributed by atoms with Crippen LogP contribution in [0.25, 0.3) is 0 Å². The molecule has 15 atom stereocenters. The third kappa shape index (κ3) is 15.6. The summed E-state index contributed by atoms with van der Waals surface area (Å²) in [4.78, 5) is 124. The molecule has 64 heavy (non-hydrogen) atoms. The normalized spacial score (nSPS) is 32.3. The lowest BCUT2D eigenvalue weighted by molar-refractivity contribution is -0.383. The zero-order valence-electron chi connectivity index (χ0n) is 36.4. The van der Waals surface area contributed by atoms with Crippen molar-refractivity contribution in [3.63, 3.8) is 0 Å². The number of aliphatic hydroxyl groups excluding tert-OH is 1. The molecule has 360 valence electrons. The fourth-order valence-electron chi connectivity index (χ4n) is 6.77. The van der Waals surface area contributed by atoms with Crippen LogP contribution in [0.2, 0.25) is 0 Å². The molecule has 3 fully saturated rings. The van der Waals surface area contributed by atoms with Crippen LogP contribution in [0.1, 0.15) is 69.2 Å². The average Bonchev–Trinajstić information content (AvgIpc) is 3.14. The van der Waals surface area contributed by atoms with E-state index >= 15 is 0 Å². The van der Waals surface area contributed by atoms with Crippen molar-refractivity contribution >= 4 is 59.7 Å². The van der Waals surface area contributed by atoms with Crippen molar-refractivity contribution in [3.05, 3.63) is 0 Å². The first kappa shape index (κ1) is 52.8.